The van der Waals surface area contributed by atoms with Crippen molar-refractivity contribution < 1.29 is 9.76 Å². The van der Waals surface area contributed by atoms with Gasteiger partial charge in [0.05, 0.1) is 11.2 Å². The third-order valence-electron chi connectivity index (χ3n) is 8.11. The van der Waals surface area contributed by atoms with Crippen LogP contribution >= 0.6 is 0 Å². The van der Waals surface area contributed by atoms with E-state index in [1.807, 2.05) is 13.8 Å². The van der Waals surface area contributed by atoms with Gasteiger partial charge in [-0.25, -0.2) is 0 Å². The van der Waals surface area contributed by atoms with Crippen LogP contribution in [0.3, 0.4) is 0 Å². The van der Waals surface area contributed by atoms with Crippen molar-refractivity contribution in [3.8, 4) is 11.1 Å². The summed E-state index contributed by atoms with van der Waals surface area (Å²) in [5.74, 6) is 0. The van der Waals surface area contributed by atoms with E-state index < -0.39 is 11.2 Å². The Kier molecular flexibility index (Phi) is 6.30. The van der Waals surface area contributed by atoms with Crippen LogP contribution in [-0.2, 0) is 10.1 Å². The molecule has 0 bridgehead atoms. The molecule has 0 spiro atoms. The van der Waals surface area contributed by atoms with Crippen LogP contribution in [0, 0.1) is 0 Å². The van der Waals surface area contributed by atoms with E-state index in [0.717, 1.165) is 22.5 Å². The van der Waals surface area contributed by atoms with Gasteiger partial charge < -0.3 is 14.7 Å². The molecule has 3 nitrogen and oxygen atoms in total. The molecule has 0 aliphatic heterocycles. The van der Waals surface area contributed by atoms with Crippen molar-refractivity contribution in [2.24, 2.45) is 0 Å². The molecule has 1 aliphatic rings. The lowest BCUT2D eigenvalue weighted by Crippen LogP contribution is -2.49. The van der Waals surface area contributed by atoms with Crippen molar-refractivity contribution in [1.29, 1.82) is 0 Å². The van der Waals surface area contributed by atoms with E-state index in [-0.39, 0.29) is 5.41 Å². The molecule has 0 saturated carbocycles. The molecule has 0 heterocycles. The van der Waals surface area contributed by atoms with E-state index in [2.05, 4.69) is 116 Å². The first kappa shape index (κ1) is 25.3. The highest BCUT2D eigenvalue weighted by Crippen LogP contribution is 2.50. The van der Waals surface area contributed by atoms with E-state index in [1.54, 1.807) is 13.8 Å². The monoisotopic (exact) mass is 489 g/mol. The number of fused-ring (bicyclic) bond motifs is 3. The topological polar surface area (TPSA) is 32.7 Å². The molecule has 0 unspecified atom stereocenters. The highest BCUT2D eigenvalue weighted by atomic mass is 16.5. The molecular formula is C33H36BNO2. The van der Waals surface area contributed by atoms with E-state index in [4.69, 9.17) is 4.65 Å². The number of aliphatic hydroxyl groups is 1. The average molecular weight is 489 g/mol. The summed E-state index contributed by atoms with van der Waals surface area (Å²) in [5.41, 5.74) is 8.15. The molecule has 0 amide bonds. The molecule has 5 rings (SSSR count). The zero-order chi connectivity index (χ0) is 26.4. The maximum atomic E-state index is 10.4. The summed E-state index contributed by atoms with van der Waals surface area (Å²) < 4.78 is 6.09. The Morgan fingerprint density at radius 2 is 1.24 bits per heavy atom. The first-order valence-electron chi connectivity index (χ1n) is 13.0. The SMILES string of the molecule is CC1(C)c2ccccc2-c2ccc(N(c3ccccc3)c3ccc(BOC(C)(C)C(C)(C)O)cc3)cc21. The van der Waals surface area contributed by atoms with Crippen LogP contribution in [0.25, 0.3) is 11.1 Å². The van der Waals surface area contributed by atoms with E-state index in [0.29, 0.717) is 7.48 Å². The summed E-state index contributed by atoms with van der Waals surface area (Å²) in [6.45, 7) is 12.0. The molecule has 1 N–H and O–H groups in total. The van der Waals surface area contributed by atoms with Crippen LogP contribution in [0.5, 0.6) is 0 Å². The Hall–Kier alpha value is -3.34. The fraction of sp³-hybridized carbons (Fsp3) is 0.273. The molecule has 37 heavy (non-hydrogen) atoms. The van der Waals surface area contributed by atoms with Crippen LogP contribution < -0.4 is 10.4 Å². The number of nitrogens with zero attached hydrogens (tertiary/aromatic N) is 1. The molecule has 0 fully saturated rings. The molecule has 0 aromatic heterocycles. The third kappa shape index (κ3) is 4.61. The van der Waals surface area contributed by atoms with Crippen LogP contribution in [0.2, 0.25) is 0 Å². The number of rotatable bonds is 7. The van der Waals surface area contributed by atoms with Crippen LogP contribution in [0.1, 0.15) is 52.7 Å². The summed E-state index contributed by atoms with van der Waals surface area (Å²) in [6.07, 6.45) is 0. The highest BCUT2D eigenvalue weighted by molar-refractivity contribution is 6.47. The van der Waals surface area contributed by atoms with Crippen LogP contribution in [0.4, 0.5) is 17.1 Å². The van der Waals surface area contributed by atoms with Gasteiger partial charge in [0.15, 0.2) is 0 Å². The molecule has 0 saturated heterocycles. The van der Waals surface area contributed by atoms with Crippen molar-refractivity contribution in [2.75, 3.05) is 4.90 Å². The molecule has 1 aliphatic carbocycles. The fourth-order valence-corrected chi connectivity index (χ4v) is 5.04. The van der Waals surface area contributed by atoms with Gasteiger partial charge in [-0.05, 0) is 86.3 Å². The number of hydrogen-bond donors (Lipinski definition) is 1. The molecule has 4 heteroatoms. The normalized spacial score (nSPS) is 14.1. The summed E-state index contributed by atoms with van der Waals surface area (Å²) >= 11 is 0. The van der Waals surface area contributed by atoms with Gasteiger partial charge in [0.2, 0.25) is 0 Å². The molecule has 0 radical (unpaired) electrons. The lowest BCUT2D eigenvalue weighted by molar-refractivity contribution is -0.0893. The standard InChI is InChI=1S/C33H36BNO2/c1-31(2)29-15-11-10-14-27(29)28-21-20-26(22-30(28)31)35(24-12-8-7-9-13-24)25-18-16-23(17-19-25)34-37-33(5,6)32(3,4)36/h7-22,34,36H,1-6H3. The maximum Gasteiger partial charge on any atom is 0.309 e. The minimum absolute atomic E-state index is 0.0568. The summed E-state index contributed by atoms with van der Waals surface area (Å²) in [6, 6.07) is 34.6. The van der Waals surface area contributed by atoms with Gasteiger partial charge in [-0.15, -0.1) is 0 Å². The fourth-order valence-electron chi connectivity index (χ4n) is 5.04. The van der Waals surface area contributed by atoms with Crippen LogP contribution in [-0.4, -0.2) is 23.8 Å². The highest BCUT2D eigenvalue weighted by Gasteiger charge is 2.36. The molecular weight excluding hydrogens is 453 g/mol. The first-order chi connectivity index (χ1) is 17.5. The van der Waals surface area contributed by atoms with Crippen LogP contribution in [0.15, 0.2) is 97.1 Å². The molecule has 4 aromatic rings. The second kappa shape index (κ2) is 9.20. The van der Waals surface area contributed by atoms with Gasteiger partial charge in [-0.3, -0.25) is 0 Å². The van der Waals surface area contributed by atoms with E-state index in [1.165, 1.54) is 22.3 Å². The smallest absolute Gasteiger partial charge is 0.309 e. The summed E-state index contributed by atoms with van der Waals surface area (Å²) in [4.78, 5) is 2.31. The number of benzene rings is 4. The van der Waals surface area contributed by atoms with Crippen molar-refractivity contribution in [2.45, 2.75) is 58.2 Å². The van der Waals surface area contributed by atoms with Gasteiger partial charge in [-0.2, -0.15) is 0 Å². The van der Waals surface area contributed by atoms with Gasteiger partial charge in [0, 0.05) is 22.5 Å². The number of anilines is 3. The molecule has 188 valence electrons. The predicted molar refractivity (Wildman–Crippen MR) is 157 cm³/mol. The zero-order valence-corrected chi connectivity index (χ0v) is 22.7. The van der Waals surface area contributed by atoms with E-state index in [9.17, 15) is 5.11 Å². The Morgan fingerprint density at radius 3 is 1.92 bits per heavy atom. The molecule has 4 aromatic carbocycles. The Balaban J connectivity index is 1.50. The predicted octanol–water partition coefficient (Wildman–Crippen LogP) is 7.01. The largest absolute Gasteiger partial charge is 0.427 e. The van der Waals surface area contributed by atoms with Gasteiger partial charge in [-0.1, -0.05) is 80.0 Å². The minimum Gasteiger partial charge on any atom is -0.427 e. The number of hydrogen-bond acceptors (Lipinski definition) is 3. The lowest BCUT2D eigenvalue weighted by atomic mass is 9.82. The molecule has 0 atom stereocenters. The average Bonchev–Trinajstić information content (AvgIpc) is 3.10. The number of para-hydroxylation sites is 1. The Labute approximate surface area is 222 Å². The van der Waals surface area contributed by atoms with Crippen molar-refractivity contribution >= 4 is 30.0 Å². The van der Waals surface area contributed by atoms with Gasteiger partial charge in [0.1, 0.15) is 0 Å². The van der Waals surface area contributed by atoms with Crippen molar-refractivity contribution in [1.82, 2.24) is 0 Å². The quantitative estimate of drug-likeness (QED) is 0.284. The second-order valence-corrected chi connectivity index (χ2v) is 11.6. The minimum atomic E-state index is -0.932. The summed E-state index contributed by atoms with van der Waals surface area (Å²) in [5, 5.41) is 10.4. The van der Waals surface area contributed by atoms with Crippen molar-refractivity contribution in [3.63, 3.8) is 0 Å². The van der Waals surface area contributed by atoms with E-state index >= 15 is 0 Å². The first-order valence-corrected chi connectivity index (χ1v) is 13.0. The Bertz CT molecular complexity index is 1400. The van der Waals surface area contributed by atoms with Gasteiger partial charge in [0.25, 0.3) is 0 Å². The van der Waals surface area contributed by atoms with Gasteiger partial charge >= 0.3 is 7.48 Å². The lowest BCUT2D eigenvalue weighted by Gasteiger charge is -2.37. The zero-order valence-electron chi connectivity index (χ0n) is 22.7. The Morgan fingerprint density at radius 1 is 0.676 bits per heavy atom. The third-order valence-corrected chi connectivity index (χ3v) is 8.11. The second-order valence-electron chi connectivity index (χ2n) is 11.6. The maximum absolute atomic E-state index is 10.4. The van der Waals surface area contributed by atoms with Crippen molar-refractivity contribution in [3.05, 3.63) is 108 Å². The summed E-state index contributed by atoms with van der Waals surface area (Å²) in [7, 11) is 0.438.